The lowest BCUT2D eigenvalue weighted by molar-refractivity contribution is -0.136. The van der Waals surface area contributed by atoms with E-state index in [1.165, 1.54) is 12.3 Å². The molecular formula is C10H9Br2NO5. The van der Waals surface area contributed by atoms with E-state index in [9.17, 15) is 14.7 Å². The Morgan fingerprint density at radius 1 is 1.44 bits per heavy atom. The fraction of sp³-hybridized carbons (Fsp3) is 0.300. The van der Waals surface area contributed by atoms with Crippen LogP contribution in [0.1, 0.15) is 20.9 Å². The minimum absolute atomic E-state index is 0.231. The summed E-state index contributed by atoms with van der Waals surface area (Å²) < 4.78 is 4.45. The Bertz CT molecular complexity index is 479. The van der Waals surface area contributed by atoms with Gasteiger partial charge < -0.3 is 14.9 Å². The third-order valence-electron chi connectivity index (χ3n) is 2.12. The summed E-state index contributed by atoms with van der Waals surface area (Å²) in [6.45, 7) is 0. The second-order valence-electron chi connectivity index (χ2n) is 3.23. The molecule has 0 spiro atoms. The highest BCUT2D eigenvalue weighted by Crippen LogP contribution is 2.37. The first-order chi connectivity index (χ1) is 8.40. The maximum Gasteiger partial charge on any atom is 0.360 e. The topological polar surface area (TPSA) is 96.7 Å². The van der Waals surface area contributed by atoms with Crippen molar-refractivity contribution in [2.75, 3.05) is 7.11 Å². The minimum Gasteiger partial charge on any atom is -0.505 e. The number of methoxy groups -OCH3 is 1. The molecule has 0 fully saturated rings. The Hall–Kier alpha value is -1.15. The van der Waals surface area contributed by atoms with Crippen LogP contribution in [0.2, 0.25) is 0 Å². The van der Waals surface area contributed by atoms with Gasteiger partial charge in [-0.15, -0.1) is 0 Å². The van der Waals surface area contributed by atoms with Gasteiger partial charge in [-0.1, -0.05) is 31.9 Å². The van der Waals surface area contributed by atoms with Gasteiger partial charge >= 0.3 is 11.9 Å². The molecule has 1 heterocycles. The van der Waals surface area contributed by atoms with Gasteiger partial charge in [-0.05, 0) is 6.07 Å². The summed E-state index contributed by atoms with van der Waals surface area (Å²) in [5.41, 5.74) is -0.0285. The summed E-state index contributed by atoms with van der Waals surface area (Å²) in [5, 5.41) is 18.7. The number of carboxylic acid groups (broad SMARTS) is 1. The maximum absolute atomic E-state index is 11.3. The van der Waals surface area contributed by atoms with E-state index in [-0.39, 0.29) is 11.3 Å². The Labute approximate surface area is 119 Å². The Morgan fingerprint density at radius 2 is 2.06 bits per heavy atom. The second-order valence-corrected chi connectivity index (χ2v) is 5.20. The van der Waals surface area contributed by atoms with Crippen LogP contribution in [-0.2, 0) is 9.53 Å². The molecule has 1 aromatic heterocycles. The number of hydrogen-bond donors (Lipinski definition) is 2. The number of carbonyl (C=O) groups is 2. The summed E-state index contributed by atoms with van der Waals surface area (Å²) in [6.07, 6.45) is 1.29. The van der Waals surface area contributed by atoms with Crippen LogP contribution in [0.4, 0.5) is 0 Å². The first-order valence-corrected chi connectivity index (χ1v) is 6.50. The Balaban J connectivity index is 3.18. The zero-order valence-corrected chi connectivity index (χ0v) is 12.3. The van der Waals surface area contributed by atoms with Crippen LogP contribution in [0.25, 0.3) is 0 Å². The molecule has 98 valence electrons. The average Bonchev–Trinajstić information content (AvgIpc) is 2.36. The van der Waals surface area contributed by atoms with Crippen molar-refractivity contribution in [1.29, 1.82) is 0 Å². The number of aromatic hydroxyl groups is 1. The molecule has 1 rings (SSSR count). The van der Waals surface area contributed by atoms with E-state index < -0.39 is 27.3 Å². The van der Waals surface area contributed by atoms with Crippen LogP contribution in [-0.4, -0.2) is 39.1 Å². The largest absolute Gasteiger partial charge is 0.505 e. The lowest BCUT2D eigenvalue weighted by Crippen LogP contribution is -2.18. The number of pyridine rings is 1. The van der Waals surface area contributed by atoms with E-state index in [0.717, 1.165) is 7.11 Å². The summed E-state index contributed by atoms with van der Waals surface area (Å²) in [7, 11) is 1.16. The van der Waals surface area contributed by atoms with Crippen LogP contribution in [0.3, 0.4) is 0 Å². The van der Waals surface area contributed by atoms with Gasteiger partial charge in [-0.3, -0.25) is 4.79 Å². The van der Waals surface area contributed by atoms with E-state index in [2.05, 4.69) is 41.6 Å². The molecule has 0 saturated heterocycles. The highest BCUT2D eigenvalue weighted by atomic mass is 79.9. The smallest absolute Gasteiger partial charge is 0.360 e. The first-order valence-electron chi connectivity index (χ1n) is 4.67. The number of rotatable bonds is 4. The van der Waals surface area contributed by atoms with Gasteiger partial charge in [-0.2, -0.15) is 0 Å². The third kappa shape index (κ3) is 2.99. The summed E-state index contributed by atoms with van der Waals surface area (Å²) in [6, 6.07) is 1.42. The zero-order chi connectivity index (χ0) is 13.9. The number of aliphatic carboxylic acids is 1. The summed E-state index contributed by atoms with van der Waals surface area (Å²) in [4.78, 5) is 24.2. The minimum atomic E-state index is -1.10. The number of nitrogens with zero attached hydrogens (tertiary/aromatic N) is 1. The molecule has 2 atom stereocenters. The second kappa shape index (κ2) is 6.14. The third-order valence-corrected chi connectivity index (χ3v) is 4.78. The van der Waals surface area contributed by atoms with Crippen LogP contribution in [0, 0.1) is 0 Å². The van der Waals surface area contributed by atoms with Crippen molar-refractivity contribution in [3.8, 4) is 5.75 Å². The molecule has 6 nitrogen and oxygen atoms in total. The van der Waals surface area contributed by atoms with E-state index >= 15 is 0 Å². The van der Waals surface area contributed by atoms with Gasteiger partial charge in [0.1, 0.15) is 4.83 Å². The number of carbonyl (C=O) groups excluding carboxylic acids is 1. The van der Waals surface area contributed by atoms with Gasteiger partial charge in [0.15, 0.2) is 11.4 Å². The molecule has 0 bridgehead atoms. The monoisotopic (exact) mass is 381 g/mol. The van der Waals surface area contributed by atoms with Crippen molar-refractivity contribution in [3.63, 3.8) is 0 Å². The molecule has 0 radical (unpaired) electrons. The van der Waals surface area contributed by atoms with Crippen molar-refractivity contribution < 1.29 is 24.5 Å². The molecule has 8 heteroatoms. The SMILES string of the molecule is COC(=O)c1nccc(C(Br)C(Br)C(=O)O)c1O. The number of esters is 1. The number of carboxylic acids is 1. The standard InChI is InChI=1S/C10H9Br2NO5/c1-18-10(17)7-8(14)4(2-3-13-7)5(11)6(12)9(15)16/h2-3,5-6,14H,1H3,(H,15,16). The molecule has 0 aliphatic carbocycles. The van der Waals surface area contributed by atoms with Gasteiger partial charge in [0.25, 0.3) is 0 Å². The Morgan fingerprint density at radius 3 is 2.56 bits per heavy atom. The van der Waals surface area contributed by atoms with Crippen molar-refractivity contribution in [2.24, 2.45) is 0 Å². The zero-order valence-electron chi connectivity index (χ0n) is 9.13. The predicted molar refractivity (Wildman–Crippen MR) is 69.3 cm³/mol. The maximum atomic E-state index is 11.3. The van der Waals surface area contributed by atoms with Gasteiger partial charge in [0, 0.05) is 11.8 Å². The van der Waals surface area contributed by atoms with E-state index in [1.807, 2.05) is 0 Å². The summed E-state index contributed by atoms with van der Waals surface area (Å²) in [5.74, 6) is -2.31. The average molecular weight is 383 g/mol. The quantitative estimate of drug-likeness (QED) is 0.609. The van der Waals surface area contributed by atoms with Gasteiger partial charge in [-0.25, -0.2) is 9.78 Å². The van der Waals surface area contributed by atoms with Crippen molar-refractivity contribution in [1.82, 2.24) is 4.98 Å². The van der Waals surface area contributed by atoms with Crippen molar-refractivity contribution in [3.05, 3.63) is 23.5 Å². The van der Waals surface area contributed by atoms with Crippen LogP contribution >= 0.6 is 31.9 Å². The molecule has 2 unspecified atom stereocenters. The highest BCUT2D eigenvalue weighted by molar-refractivity contribution is 9.12. The van der Waals surface area contributed by atoms with Crippen LogP contribution in [0.5, 0.6) is 5.75 Å². The number of aromatic nitrogens is 1. The fourth-order valence-electron chi connectivity index (χ4n) is 1.22. The fourth-order valence-corrected chi connectivity index (χ4v) is 2.10. The predicted octanol–water partition coefficient (Wildman–Crippen LogP) is 1.86. The summed E-state index contributed by atoms with van der Waals surface area (Å²) >= 11 is 6.10. The molecule has 0 aromatic carbocycles. The molecule has 2 N–H and O–H groups in total. The first kappa shape index (κ1) is 14.9. The van der Waals surface area contributed by atoms with Crippen molar-refractivity contribution >= 4 is 43.8 Å². The van der Waals surface area contributed by atoms with E-state index in [1.54, 1.807) is 0 Å². The number of alkyl halides is 2. The lowest BCUT2D eigenvalue weighted by atomic mass is 10.1. The number of ether oxygens (including phenoxy) is 1. The normalized spacial score (nSPS) is 13.7. The van der Waals surface area contributed by atoms with Crippen molar-refractivity contribution in [2.45, 2.75) is 9.65 Å². The molecule has 0 amide bonds. The van der Waals surface area contributed by atoms with Gasteiger partial charge in [0.2, 0.25) is 0 Å². The molecule has 0 aliphatic rings. The number of halogens is 2. The molecule has 0 aliphatic heterocycles. The van der Waals surface area contributed by atoms with Gasteiger partial charge in [0.05, 0.1) is 11.9 Å². The molecule has 0 saturated carbocycles. The van der Waals surface area contributed by atoms with E-state index in [0.29, 0.717) is 0 Å². The highest BCUT2D eigenvalue weighted by Gasteiger charge is 2.29. The Kier molecular flexibility index (Phi) is 5.09. The molecule has 18 heavy (non-hydrogen) atoms. The number of hydrogen-bond acceptors (Lipinski definition) is 5. The lowest BCUT2D eigenvalue weighted by Gasteiger charge is -2.15. The van der Waals surface area contributed by atoms with E-state index in [4.69, 9.17) is 5.11 Å². The van der Waals surface area contributed by atoms with Crippen LogP contribution in [0.15, 0.2) is 12.3 Å². The molecule has 1 aromatic rings. The molecular weight excluding hydrogens is 374 g/mol. The van der Waals surface area contributed by atoms with Crippen LogP contribution < -0.4 is 0 Å².